The molecule has 4 rings (SSSR count). The SMILES string of the molecule is Cc1c(Cl)c(CN2CCC3CNCC3C2)nc2ccccc12. The Morgan fingerprint density at radius 2 is 2.09 bits per heavy atom. The van der Waals surface area contributed by atoms with Crippen molar-refractivity contribution in [1.29, 1.82) is 0 Å². The zero-order valence-electron chi connectivity index (χ0n) is 13.0. The summed E-state index contributed by atoms with van der Waals surface area (Å²) in [4.78, 5) is 7.35. The Balaban J connectivity index is 1.60. The predicted octanol–water partition coefficient (Wildman–Crippen LogP) is 3.24. The molecule has 2 unspecified atom stereocenters. The van der Waals surface area contributed by atoms with E-state index in [-0.39, 0.29) is 0 Å². The molecular weight excluding hydrogens is 294 g/mol. The Hall–Kier alpha value is -1.16. The van der Waals surface area contributed by atoms with E-state index in [4.69, 9.17) is 16.6 Å². The van der Waals surface area contributed by atoms with Crippen molar-refractivity contribution >= 4 is 22.5 Å². The molecule has 1 aromatic carbocycles. The number of nitrogens with one attached hydrogen (secondary N) is 1. The number of hydrogen-bond donors (Lipinski definition) is 1. The fourth-order valence-corrected chi connectivity index (χ4v) is 4.19. The van der Waals surface area contributed by atoms with E-state index < -0.39 is 0 Å². The second-order valence-electron chi connectivity index (χ2n) is 6.72. The summed E-state index contributed by atoms with van der Waals surface area (Å²) in [5.74, 6) is 1.67. The molecule has 116 valence electrons. The highest BCUT2D eigenvalue weighted by Crippen LogP contribution is 2.30. The van der Waals surface area contributed by atoms with Crippen LogP contribution in [0.3, 0.4) is 0 Å². The van der Waals surface area contributed by atoms with Gasteiger partial charge in [-0.1, -0.05) is 29.8 Å². The molecule has 0 spiro atoms. The van der Waals surface area contributed by atoms with Crippen LogP contribution in [0.5, 0.6) is 0 Å². The quantitative estimate of drug-likeness (QED) is 0.922. The summed E-state index contributed by atoms with van der Waals surface area (Å²) in [6.07, 6.45) is 1.29. The van der Waals surface area contributed by atoms with Crippen molar-refractivity contribution in [3.05, 3.63) is 40.5 Å². The lowest BCUT2D eigenvalue weighted by Crippen LogP contribution is -2.39. The van der Waals surface area contributed by atoms with Crippen LogP contribution in [0.1, 0.15) is 17.7 Å². The van der Waals surface area contributed by atoms with Gasteiger partial charge in [-0.2, -0.15) is 0 Å². The van der Waals surface area contributed by atoms with Gasteiger partial charge in [-0.3, -0.25) is 4.90 Å². The molecule has 0 amide bonds. The zero-order chi connectivity index (χ0) is 15.1. The lowest BCUT2D eigenvalue weighted by Gasteiger charge is -2.34. The molecule has 0 aliphatic carbocycles. The molecule has 1 aromatic heterocycles. The number of aryl methyl sites for hydroxylation is 1. The highest BCUT2D eigenvalue weighted by molar-refractivity contribution is 6.32. The molecule has 3 nitrogen and oxygen atoms in total. The molecule has 2 aliphatic heterocycles. The minimum atomic E-state index is 0.800. The van der Waals surface area contributed by atoms with E-state index in [0.29, 0.717) is 0 Å². The number of piperidine rings is 1. The molecule has 3 heterocycles. The van der Waals surface area contributed by atoms with Crippen LogP contribution in [0.25, 0.3) is 10.9 Å². The summed E-state index contributed by atoms with van der Waals surface area (Å²) in [7, 11) is 0. The maximum Gasteiger partial charge on any atom is 0.0740 e. The van der Waals surface area contributed by atoms with E-state index in [9.17, 15) is 0 Å². The van der Waals surface area contributed by atoms with Crippen molar-refractivity contribution < 1.29 is 0 Å². The minimum Gasteiger partial charge on any atom is -0.316 e. The van der Waals surface area contributed by atoms with E-state index in [2.05, 4.69) is 29.3 Å². The predicted molar refractivity (Wildman–Crippen MR) is 91.2 cm³/mol. The van der Waals surface area contributed by atoms with Crippen molar-refractivity contribution in [1.82, 2.24) is 15.2 Å². The molecule has 0 saturated carbocycles. The van der Waals surface area contributed by atoms with E-state index >= 15 is 0 Å². The lowest BCUT2D eigenvalue weighted by atomic mass is 9.88. The Labute approximate surface area is 136 Å². The largest absolute Gasteiger partial charge is 0.316 e. The van der Waals surface area contributed by atoms with Gasteiger partial charge in [0.15, 0.2) is 0 Å². The zero-order valence-corrected chi connectivity index (χ0v) is 13.7. The van der Waals surface area contributed by atoms with Crippen LogP contribution in [0, 0.1) is 18.8 Å². The number of likely N-dealkylation sites (tertiary alicyclic amines) is 1. The summed E-state index contributed by atoms with van der Waals surface area (Å²) in [6.45, 7) is 7.66. The van der Waals surface area contributed by atoms with Crippen molar-refractivity contribution in [2.24, 2.45) is 11.8 Å². The number of para-hydroxylation sites is 1. The molecule has 2 saturated heterocycles. The Morgan fingerprint density at radius 1 is 1.27 bits per heavy atom. The van der Waals surface area contributed by atoms with Crippen LogP contribution in [0.15, 0.2) is 24.3 Å². The number of fused-ring (bicyclic) bond motifs is 2. The first-order valence-corrected chi connectivity index (χ1v) is 8.57. The van der Waals surface area contributed by atoms with Gasteiger partial charge in [0.2, 0.25) is 0 Å². The van der Waals surface area contributed by atoms with E-state index in [1.165, 1.54) is 26.1 Å². The van der Waals surface area contributed by atoms with Crippen LogP contribution in [-0.4, -0.2) is 36.1 Å². The minimum absolute atomic E-state index is 0.800. The van der Waals surface area contributed by atoms with Gasteiger partial charge >= 0.3 is 0 Å². The summed E-state index contributed by atoms with van der Waals surface area (Å²) >= 11 is 6.60. The van der Waals surface area contributed by atoms with Crippen molar-refractivity contribution in [3.8, 4) is 0 Å². The van der Waals surface area contributed by atoms with Crippen molar-refractivity contribution in [2.45, 2.75) is 19.9 Å². The number of hydrogen-bond acceptors (Lipinski definition) is 3. The highest BCUT2D eigenvalue weighted by Gasteiger charge is 2.33. The average molecular weight is 316 g/mol. The topological polar surface area (TPSA) is 28.2 Å². The molecule has 0 radical (unpaired) electrons. The Morgan fingerprint density at radius 3 is 3.00 bits per heavy atom. The van der Waals surface area contributed by atoms with Gasteiger partial charge < -0.3 is 5.32 Å². The third kappa shape index (κ3) is 2.51. The van der Waals surface area contributed by atoms with Crippen molar-refractivity contribution in [3.63, 3.8) is 0 Å². The standard InChI is InChI=1S/C18H22ClN3/c1-12-15-4-2-3-5-16(15)21-17(18(12)19)11-22-7-6-13-8-20-9-14(13)10-22/h2-5,13-14,20H,6-11H2,1H3. The van der Waals surface area contributed by atoms with Crippen LogP contribution in [0.2, 0.25) is 5.02 Å². The fourth-order valence-electron chi connectivity index (χ4n) is 3.99. The second kappa shape index (κ2) is 5.80. The Bertz CT molecular complexity index is 700. The normalized spacial score (nSPS) is 25.5. The fraction of sp³-hybridized carbons (Fsp3) is 0.500. The number of benzene rings is 1. The van der Waals surface area contributed by atoms with Crippen LogP contribution < -0.4 is 5.32 Å². The molecule has 2 fully saturated rings. The second-order valence-corrected chi connectivity index (χ2v) is 7.09. The summed E-state index contributed by atoms with van der Waals surface area (Å²) in [5.41, 5.74) is 3.23. The summed E-state index contributed by atoms with van der Waals surface area (Å²) in [6, 6.07) is 8.27. The highest BCUT2D eigenvalue weighted by atomic mass is 35.5. The van der Waals surface area contributed by atoms with E-state index in [1.807, 2.05) is 12.1 Å². The molecule has 1 N–H and O–H groups in total. The van der Waals surface area contributed by atoms with Crippen LogP contribution in [0.4, 0.5) is 0 Å². The first-order valence-electron chi connectivity index (χ1n) is 8.19. The molecule has 22 heavy (non-hydrogen) atoms. The average Bonchev–Trinajstić information content (AvgIpc) is 3.00. The van der Waals surface area contributed by atoms with Gasteiger partial charge in [-0.25, -0.2) is 4.98 Å². The first kappa shape index (κ1) is 14.4. The summed E-state index contributed by atoms with van der Waals surface area (Å²) in [5, 5.41) is 5.53. The smallest absolute Gasteiger partial charge is 0.0740 e. The Kier molecular flexibility index (Phi) is 3.81. The molecule has 2 atom stereocenters. The van der Waals surface area contributed by atoms with Crippen molar-refractivity contribution in [2.75, 3.05) is 26.2 Å². The maximum absolute atomic E-state index is 6.60. The summed E-state index contributed by atoms with van der Waals surface area (Å²) < 4.78 is 0. The van der Waals surface area contributed by atoms with E-state index in [1.54, 1.807) is 0 Å². The number of pyridine rings is 1. The van der Waals surface area contributed by atoms with Gasteiger partial charge in [-0.05, 0) is 56.4 Å². The lowest BCUT2D eigenvalue weighted by molar-refractivity contribution is 0.141. The molecule has 2 aliphatic rings. The molecule has 0 bridgehead atoms. The van der Waals surface area contributed by atoms with Gasteiger partial charge in [-0.15, -0.1) is 0 Å². The van der Waals surface area contributed by atoms with Crippen LogP contribution >= 0.6 is 11.6 Å². The third-order valence-corrected chi connectivity index (χ3v) is 5.81. The van der Waals surface area contributed by atoms with Gasteiger partial charge in [0.05, 0.1) is 16.2 Å². The number of halogens is 1. The molecular formula is C18H22ClN3. The molecule has 2 aromatic rings. The first-order chi connectivity index (χ1) is 10.7. The van der Waals surface area contributed by atoms with Crippen LogP contribution in [-0.2, 0) is 6.54 Å². The van der Waals surface area contributed by atoms with E-state index in [0.717, 1.165) is 52.1 Å². The maximum atomic E-state index is 6.60. The van der Waals surface area contributed by atoms with Gasteiger partial charge in [0.25, 0.3) is 0 Å². The number of aromatic nitrogens is 1. The monoisotopic (exact) mass is 315 g/mol. The van der Waals surface area contributed by atoms with Gasteiger partial charge in [0.1, 0.15) is 0 Å². The third-order valence-electron chi connectivity index (χ3n) is 5.31. The molecule has 4 heteroatoms. The number of nitrogens with zero attached hydrogens (tertiary/aromatic N) is 2. The van der Waals surface area contributed by atoms with Gasteiger partial charge in [0, 0.05) is 18.5 Å². The number of rotatable bonds is 2.